The first kappa shape index (κ1) is 23.2. The SMILES string of the molecule is CC(C)(C)/C=C/C(=O)Nc1cccc(CNC(=O)CNC(=O)OC(C)(C)C)c1. The second-order valence-corrected chi connectivity index (χ2v) is 8.52. The van der Waals surface area contributed by atoms with Crippen molar-refractivity contribution in [2.75, 3.05) is 11.9 Å². The molecule has 0 aromatic heterocycles. The summed E-state index contributed by atoms with van der Waals surface area (Å²) in [7, 11) is 0. The van der Waals surface area contributed by atoms with Crippen molar-refractivity contribution < 1.29 is 19.1 Å². The Labute approximate surface area is 166 Å². The maximum Gasteiger partial charge on any atom is 0.408 e. The second-order valence-electron chi connectivity index (χ2n) is 8.52. The van der Waals surface area contributed by atoms with E-state index in [0.29, 0.717) is 5.69 Å². The molecule has 3 amide bonds. The van der Waals surface area contributed by atoms with E-state index < -0.39 is 11.7 Å². The van der Waals surface area contributed by atoms with Crippen molar-refractivity contribution in [2.24, 2.45) is 5.41 Å². The Morgan fingerprint density at radius 1 is 1.04 bits per heavy atom. The Morgan fingerprint density at radius 2 is 1.71 bits per heavy atom. The molecule has 3 N–H and O–H groups in total. The molecule has 0 spiro atoms. The number of allylic oxidation sites excluding steroid dienone is 1. The third kappa shape index (κ3) is 11.0. The zero-order valence-electron chi connectivity index (χ0n) is 17.5. The van der Waals surface area contributed by atoms with Gasteiger partial charge in [0.15, 0.2) is 0 Å². The molecule has 0 saturated heterocycles. The van der Waals surface area contributed by atoms with Crippen LogP contribution < -0.4 is 16.0 Å². The van der Waals surface area contributed by atoms with Crippen molar-refractivity contribution in [3.63, 3.8) is 0 Å². The molecule has 154 valence electrons. The highest BCUT2D eigenvalue weighted by Gasteiger charge is 2.16. The summed E-state index contributed by atoms with van der Waals surface area (Å²) in [5.74, 6) is -0.550. The topological polar surface area (TPSA) is 96.5 Å². The van der Waals surface area contributed by atoms with E-state index in [9.17, 15) is 14.4 Å². The maximum absolute atomic E-state index is 12.0. The lowest BCUT2D eigenvalue weighted by Gasteiger charge is -2.19. The van der Waals surface area contributed by atoms with Crippen molar-refractivity contribution in [1.82, 2.24) is 10.6 Å². The Bertz CT molecular complexity index is 728. The molecule has 0 aliphatic carbocycles. The number of rotatable bonds is 6. The molecule has 7 nitrogen and oxygen atoms in total. The molecule has 28 heavy (non-hydrogen) atoms. The highest BCUT2D eigenvalue weighted by molar-refractivity contribution is 5.99. The number of hydrogen-bond acceptors (Lipinski definition) is 4. The molecule has 7 heteroatoms. The lowest BCUT2D eigenvalue weighted by molar-refractivity contribution is -0.120. The lowest BCUT2D eigenvalue weighted by Crippen LogP contribution is -2.39. The van der Waals surface area contributed by atoms with Crippen LogP contribution in [-0.2, 0) is 20.9 Å². The first-order valence-electron chi connectivity index (χ1n) is 9.17. The largest absolute Gasteiger partial charge is 0.444 e. The average Bonchev–Trinajstić information content (AvgIpc) is 2.54. The number of nitrogens with one attached hydrogen (secondary N) is 3. The van der Waals surface area contributed by atoms with E-state index in [4.69, 9.17) is 4.74 Å². The van der Waals surface area contributed by atoms with E-state index in [-0.39, 0.29) is 30.3 Å². The molecule has 0 aliphatic rings. The second kappa shape index (κ2) is 9.92. The van der Waals surface area contributed by atoms with Crippen LogP contribution in [0.1, 0.15) is 47.1 Å². The van der Waals surface area contributed by atoms with Gasteiger partial charge in [0.2, 0.25) is 11.8 Å². The number of amides is 3. The predicted octanol–water partition coefficient (Wildman–Crippen LogP) is 3.37. The molecule has 0 aliphatic heterocycles. The van der Waals surface area contributed by atoms with Gasteiger partial charge in [-0.15, -0.1) is 0 Å². The molecule has 0 saturated carbocycles. The highest BCUT2D eigenvalue weighted by atomic mass is 16.6. The molecule has 0 atom stereocenters. The van der Waals surface area contributed by atoms with Crippen molar-refractivity contribution in [3.8, 4) is 0 Å². The van der Waals surface area contributed by atoms with E-state index in [2.05, 4.69) is 16.0 Å². The predicted molar refractivity (Wildman–Crippen MR) is 110 cm³/mol. The van der Waals surface area contributed by atoms with Crippen LogP contribution in [0.2, 0.25) is 0 Å². The number of anilines is 1. The minimum absolute atomic E-state index is 0.0726. The summed E-state index contributed by atoms with van der Waals surface area (Å²) >= 11 is 0. The fourth-order valence-electron chi connectivity index (χ4n) is 2.00. The maximum atomic E-state index is 12.0. The first-order chi connectivity index (χ1) is 12.8. The molecule has 1 aromatic carbocycles. The minimum Gasteiger partial charge on any atom is -0.444 e. The Hall–Kier alpha value is -2.83. The first-order valence-corrected chi connectivity index (χ1v) is 9.17. The van der Waals surface area contributed by atoms with Crippen molar-refractivity contribution in [1.29, 1.82) is 0 Å². The molecule has 0 fully saturated rings. The van der Waals surface area contributed by atoms with Crippen LogP contribution in [0.5, 0.6) is 0 Å². The van der Waals surface area contributed by atoms with Crippen LogP contribution in [0.15, 0.2) is 36.4 Å². The Balaban J connectivity index is 2.48. The molecule has 1 aromatic rings. The number of carbonyl (C=O) groups is 3. The quantitative estimate of drug-likeness (QED) is 0.650. The van der Waals surface area contributed by atoms with Gasteiger partial charge in [-0.2, -0.15) is 0 Å². The Morgan fingerprint density at radius 3 is 2.32 bits per heavy atom. The van der Waals surface area contributed by atoms with Crippen LogP contribution in [-0.4, -0.2) is 30.1 Å². The van der Waals surface area contributed by atoms with Gasteiger partial charge in [0, 0.05) is 12.2 Å². The van der Waals surface area contributed by atoms with Crippen molar-refractivity contribution in [3.05, 3.63) is 42.0 Å². The summed E-state index contributed by atoms with van der Waals surface area (Å²) in [4.78, 5) is 35.4. The van der Waals surface area contributed by atoms with Crippen LogP contribution in [0.4, 0.5) is 10.5 Å². The third-order valence-electron chi connectivity index (χ3n) is 3.21. The summed E-state index contributed by atoms with van der Waals surface area (Å²) < 4.78 is 5.07. The standard InChI is InChI=1S/C21H31N3O4/c1-20(2,3)11-10-17(25)24-16-9-7-8-15(12-16)13-22-18(26)14-23-19(27)28-21(4,5)6/h7-12H,13-14H2,1-6H3,(H,22,26)(H,23,27)(H,24,25)/b11-10+. The van der Waals surface area contributed by atoms with Gasteiger partial charge in [-0.3, -0.25) is 9.59 Å². The molecular formula is C21H31N3O4. The van der Waals surface area contributed by atoms with Crippen LogP contribution in [0.3, 0.4) is 0 Å². The molecule has 0 unspecified atom stereocenters. The van der Waals surface area contributed by atoms with Crippen LogP contribution in [0, 0.1) is 5.41 Å². The lowest BCUT2D eigenvalue weighted by atomic mass is 9.96. The Kier molecular flexibility index (Phi) is 8.22. The van der Waals surface area contributed by atoms with E-state index in [0.717, 1.165) is 5.56 Å². The fraction of sp³-hybridized carbons (Fsp3) is 0.476. The van der Waals surface area contributed by atoms with Gasteiger partial charge >= 0.3 is 6.09 Å². The van der Waals surface area contributed by atoms with E-state index in [1.54, 1.807) is 39.0 Å². The zero-order valence-corrected chi connectivity index (χ0v) is 17.5. The van der Waals surface area contributed by atoms with Crippen LogP contribution >= 0.6 is 0 Å². The van der Waals surface area contributed by atoms with Gasteiger partial charge in [0.05, 0.1) is 0 Å². The van der Waals surface area contributed by atoms with E-state index in [1.165, 1.54) is 6.08 Å². The molecule has 0 heterocycles. The molecule has 1 rings (SSSR count). The number of ether oxygens (including phenoxy) is 1. The minimum atomic E-state index is -0.643. The molecular weight excluding hydrogens is 358 g/mol. The summed E-state index contributed by atoms with van der Waals surface area (Å²) in [5.41, 5.74) is 0.773. The monoisotopic (exact) mass is 389 g/mol. The third-order valence-corrected chi connectivity index (χ3v) is 3.21. The number of benzene rings is 1. The van der Waals surface area contributed by atoms with Crippen molar-refractivity contribution in [2.45, 2.75) is 53.7 Å². The van der Waals surface area contributed by atoms with Gasteiger partial charge in [-0.25, -0.2) is 4.79 Å². The number of carbonyl (C=O) groups excluding carboxylic acids is 3. The van der Waals surface area contributed by atoms with E-state index in [1.807, 2.05) is 32.9 Å². The highest BCUT2D eigenvalue weighted by Crippen LogP contribution is 2.15. The van der Waals surface area contributed by atoms with Gasteiger partial charge in [0.25, 0.3) is 0 Å². The summed E-state index contributed by atoms with van der Waals surface area (Å²) in [6, 6.07) is 7.19. The summed E-state index contributed by atoms with van der Waals surface area (Å²) in [6.45, 7) is 11.4. The number of hydrogen-bond donors (Lipinski definition) is 3. The van der Waals surface area contributed by atoms with Gasteiger partial charge in [-0.05, 0) is 50.0 Å². The smallest absolute Gasteiger partial charge is 0.408 e. The zero-order chi connectivity index (χ0) is 21.4. The van der Waals surface area contributed by atoms with Gasteiger partial charge in [0.1, 0.15) is 12.1 Å². The summed E-state index contributed by atoms with van der Waals surface area (Å²) in [5, 5.41) is 7.90. The average molecular weight is 389 g/mol. The van der Waals surface area contributed by atoms with E-state index >= 15 is 0 Å². The van der Waals surface area contributed by atoms with Gasteiger partial charge < -0.3 is 20.7 Å². The van der Waals surface area contributed by atoms with Crippen LogP contribution in [0.25, 0.3) is 0 Å². The van der Waals surface area contributed by atoms with Crippen molar-refractivity contribution >= 4 is 23.6 Å². The van der Waals surface area contributed by atoms with Gasteiger partial charge in [-0.1, -0.05) is 39.0 Å². The summed E-state index contributed by atoms with van der Waals surface area (Å²) in [6.07, 6.45) is 2.71. The number of alkyl carbamates (subject to hydrolysis) is 1. The fourth-order valence-corrected chi connectivity index (χ4v) is 2.00. The molecule has 0 bridgehead atoms. The normalized spacial score (nSPS) is 11.8. The molecule has 0 radical (unpaired) electrons.